The van der Waals surface area contributed by atoms with Crippen molar-refractivity contribution in [3.8, 4) is 0 Å². The third kappa shape index (κ3) is 26.8. The number of amides is 3. The maximum atomic E-state index is 13.0. The Kier molecular flexibility index (Phi) is 27.8. The summed E-state index contributed by atoms with van der Waals surface area (Å²) in [5.74, 6) is -1.01. The van der Waals surface area contributed by atoms with Gasteiger partial charge in [0, 0.05) is 38.3 Å². The van der Waals surface area contributed by atoms with Crippen molar-refractivity contribution in [3.63, 3.8) is 0 Å². The first-order chi connectivity index (χ1) is 26.7. The Bertz CT molecular complexity index is 1030. The van der Waals surface area contributed by atoms with Crippen LogP contribution in [-0.2, 0) is 71.3 Å². The highest BCUT2D eigenvalue weighted by atomic mass is 16.6. The first-order valence-electron chi connectivity index (χ1n) is 19.2. The number of rotatable bonds is 17. The Morgan fingerprint density at radius 1 is 0.564 bits per heavy atom. The molecule has 55 heavy (non-hydrogen) atoms. The largest absolute Gasteiger partial charge is 0.459 e. The molecule has 1 fully saturated rings. The van der Waals surface area contributed by atoms with Gasteiger partial charge in [-0.25, -0.2) is 0 Å². The number of hydrogen-bond donors (Lipinski definition) is 0. The number of imide groups is 1. The molecule has 2 aliphatic rings. The fourth-order valence-corrected chi connectivity index (χ4v) is 4.89. The van der Waals surface area contributed by atoms with E-state index in [1.165, 1.54) is 12.2 Å². The van der Waals surface area contributed by atoms with Crippen LogP contribution in [0.15, 0.2) is 12.2 Å². The van der Waals surface area contributed by atoms with Crippen molar-refractivity contribution in [2.24, 2.45) is 0 Å². The molecule has 0 atom stereocenters. The minimum Gasteiger partial charge on any atom is -0.459 e. The van der Waals surface area contributed by atoms with Crippen LogP contribution in [0.3, 0.4) is 0 Å². The van der Waals surface area contributed by atoms with E-state index >= 15 is 0 Å². The lowest BCUT2D eigenvalue weighted by molar-refractivity contribution is -0.156. The molecule has 0 aliphatic carbocycles. The van der Waals surface area contributed by atoms with E-state index in [4.69, 9.17) is 52.1 Å². The summed E-state index contributed by atoms with van der Waals surface area (Å²) in [5, 5.41) is 0. The van der Waals surface area contributed by atoms with Gasteiger partial charge in [0.1, 0.15) is 5.60 Å². The first-order valence-corrected chi connectivity index (χ1v) is 19.2. The van der Waals surface area contributed by atoms with E-state index in [0.717, 1.165) is 4.90 Å². The predicted molar refractivity (Wildman–Crippen MR) is 198 cm³/mol. The van der Waals surface area contributed by atoms with E-state index in [9.17, 15) is 19.2 Å². The van der Waals surface area contributed by atoms with Gasteiger partial charge in [-0.2, -0.15) is 0 Å². The van der Waals surface area contributed by atoms with Crippen LogP contribution in [0.1, 0.15) is 27.2 Å². The molecular formula is C37H65N3O15. The molecule has 0 aromatic heterocycles. The molecule has 18 heteroatoms. The van der Waals surface area contributed by atoms with Gasteiger partial charge < -0.3 is 57.0 Å². The number of ether oxygens (including phenoxy) is 11. The van der Waals surface area contributed by atoms with Gasteiger partial charge in [0.25, 0.3) is 11.8 Å². The SMILES string of the molecule is CC(C)(C)OC(=O)CN1CCOCCOCCOCCN(C(=O)CCOCCOCCOCCOCCN2C(=O)C=CC2=O)CCOCCOCCOCC1. The summed E-state index contributed by atoms with van der Waals surface area (Å²) in [6, 6.07) is 0. The van der Waals surface area contributed by atoms with Crippen LogP contribution in [0.5, 0.6) is 0 Å². The van der Waals surface area contributed by atoms with Gasteiger partial charge in [-0.1, -0.05) is 0 Å². The number of hydrogen-bond acceptors (Lipinski definition) is 16. The van der Waals surface area contributed by atoms with Crippen LogP contribution in [0, 0.1) is 0 Å². The molecule has 0 aromatic rings. The fourth-order valence-electron chi connectivity index (χ4n) is 4.89. The highest BCUT2D eigenvalue weighted by molar-refractivity contribution is 6.12. The van der Waals surface area contributed by atoms with Crippen molar-refractivity contribution < 1.29 is 71.3 Å². The summed E-state index contributed by atoms with van der Waals surface area (Å²) in [6.45, 7) is 15.2. The van der Waals surface area contributed by atoms with Gasteiger partial charge in [0.05, 0.1) is 152 Å². The molecule has 0 spiro atoms. The van der Waals surface area contributed by atoms with Crippen LogP contribution >= 0.6 is 0 Å². The van der Waals surface area contributed by atoms with Crippen molar-refractivity contribution in [2.45, 2.75) is 32.8 Å². The summed E-state index contributed by atoms with van der Waals surface area (Å²) in [6.07, 6.45) is 2.70. The van der Waals surface area contributed by atoms with Gasteiger partial charge in [-0.15, -0.1) is 0 Å². The van der Waals surface area contributed by atoms with Crippen molar-refractivity contribution in [2.75, 3.05) is 171 Å². The molecule has 0 bridgehead atoms. The van der Waals surface area contributed by atoms with Gasteiger partial charge in [-0.05, 0) is 20.8 Å². The van der Waals surface area contributed by atoms with Crippen LogP contribution < -0.4 is 0 Å². The zero-order chi connectivity index (χ0) is 39.8. The summed E-state index contributed by atoms with van der Waals surface area (Å²) in [4.78, 5) is 53.1. The van der Waals surface area contributed by atoms with E-state index in [-0.39, 0.29) is 56.4 Å². The molecule has 0 unspecified atom stereocenters. The number of carbonyl (C=O) groups excluding carboxylic acids is 4. The van der Waals surface area contributed by atoms with Gasteiger partial charge in [0.2, 0.25) is 5.91 Å². The normalized spacial score (nSPS) is 19.0. The molecule has 0 saturated carbocycles. The van der Waals surface area contributed by atoms with Crippen LogP contribution in [0.2, 0.25) is 0 Å². The third-order valence-corrected chi connectivity index (χ3v) is 7.66. The summed E-state index contributed by atoms with van der Waals surface area (Å²) < 4.78 is 61.5. The smallest absolute Gasteiger partial charge is 0.320 e. The average molecular weight is 792 g/mol. The molecule has 0 N–H and O–H groups in total. The van der Waals surface area contributed by atoms with Crippen molar-refractivity contribution in [1.82, 2.24) is 14.7 Å². The van der Waals surface area contributed by atoms with Crippen LogP contribution in [0.25, 0.3) is 0 Å². The van der Waals surface area contributed by atoms with E-state index < -0.39 is 5.60 Å². The third-order valence-electron chi connectivity index (χ3n) is 7.66. The predicted octanol–water partition coefficient (Wildman–Crippen LogP) is -0.0466. The lowest BCUT2D eigenvalue weighted by atomic mass is 10.2. The number of carbonyl (C=O) groups is 4. The van der Waals surface area contributed by atoms with E-state index in [0.29, 0.717) is 145 Å². The molecule has 1 saturated heterocycles. The second-order valence-electron chi connectivity index (χ2n) is 13.3. The molecule has 2 heterocycles. The van der Waals surface area contributed by atoms with Crippen LogP contribution in [0.4, 0.5) is 0 Å². The van der Waals surface area contributed by atoms with Gasteiger partial charge >= 0.3 is 5.97 Å². The average Bonchev–Trinajstić information content (AvgIpc) is 3.46. The van der Waals surface area contributed by atoms with E-state index in [1.807, 2.05) is 25.7 Å². The molecule has 2 rings (SSSR count). The molecule has 0 radical (unpaired) electrons. The maximum Gasteiger partial charge on any atom is 0.320 e. The molecule has 318 valence electrons. The Hall–Kier alpha value is -2.62. The van der Waals surface area contributed by atoms with Crippen molar-refractivity contribution in [1.29, 1.82) is 0 Å². The van der Waals surface area contributed by atoms with E-state index in [2.05, 4.69) is 0 Å². The molecule has 18 nitrogen and oxygen atoms in total. The minimum atomic E-state index is -0.553. The summed E-state index contributed by atoms with van der Waals surface area (Å²) in [7, 11) is 0. The Morgan fingerprint density at radius 3 is 1.38 bits per heavy atom. The van der Waals surface area contributed by atoms with Gasteiger partial charge in [0.15, 0.2) is 0 Å². The van der Waals surface area contributed by atoms with Gasteiger partial charge in [-0.3, -0.25) is 29.0 Å². The Balaban J connectivity index is 1.56. The quantitative estimate of drug-likeness (QED) is 0.109. The minimum absolute atomic E-state index is 0.0630. The lowest BCUT2D eigenvalue weighted by Crippen LogP contribution is -2.38. The lowest BCUT2D eigenvalue weighted by Gasteiger charge is -2.25. The number of nitrogens with zero attached hydrogens (tertiary/aromatic N) is 3. The standard InChI is InChI=1S/C37H65N3O15/c1-37(2,3)55-36(44)32-38-7-13-46-19-25-52-27-21-48-15-9-39(10-16-49-22-28-53-26-20-47-14-8-38)33(41)6-12-45-18-24-51-30-31-54-29-23-50-17-11-40-34(42)4-5-35(40)43/h4-5H,6-32H2,1-3H3. The molecular weight excluding hydrogens is 726 g/mol. The monoisotopic (exact) mass is 791 g/mol. The Morgan fingerprint density at radius 2 is 0.945 bits per heavy atom. The maximum absolute atomic E-state index is 13.0. The van der Waals surface area contributed by atoms with Crippen molar-refractivity contribution in [3.05, 3.63) is 12.2 Å². The summed E-state index contributed by atoms with van der Waals surface area (Å²) >= 11 is 0. The fraction of sp³-hybridized carbons (Fsp3) is 0.838. The second kappa shape index (κ2) is 31.5. The summed E-state index contributed by atoms with van der Waals surface area (Å²) in [5.41, 5.74) is -0.553. The van der Waals surface area contributed by atoms with Crippen molar-refractivity contribution >= 4 is 23.7 Å². The topological polar surface area (TPSA) is 180 Å². The van der Waals surface area contributed by atoms with E-state index in [1.54, 1.807) is 4.90 Å². The van der Waals surface area contributed by atoms with Crippen LogP contribution in [-0.4, -0.2) is 215 Å². The zero-order valence-electron chi connectivity index (χ0n) is 33.2. The second-order valence-corrected chi connectivity index (χ2v) is 13.3. The highest BCUT2D eigenvalue weighted by Gasteiger charge is 2.22. The number of esters is 1. The first kappa shape index (κ1) is 48.5. The molecule has 0 aromatic carbocycles. The molecule has 3 amide bonds. The zero-order valence-corrected chi connectivity index (χ0v) is 33.2. The Labute approximate surface area is 325 Å². The highest BCUT2D eigenvalue weighted by Crippen LogP contribution is 2.08. The molecule has 2 aliphatic heterocycles.